The Morgan fingerprint density at radius 3 is 2.59 bits per heavy atom. The number of nitrogens with zero attached hydrogens (tertiary/aromatic N) is 2. The summed E-state index contributed by atoms with van der Waals surface area (Å²) >= 11 is 0. The molecule has 0 fully saturated rings. The van der Waals surface area contributed by atoms with Gasteiger partial charge in [0, 0.05) is 11.9 Å². The molecule has 0 atom stereocenters. The molecule has 5 nitrogen and oxygen atoms in total. The number of hydrogen-bond donors (Lipinski definition) is 2. The molecule has 0 bridgehead atoms. The first-order valence-corrected chi connectivity index (χ1v) is 4.39. The summed E-state index contributed by atoms with van der Waals surface area (Å²) in [6.45, 7) is 0. The van der Waals surface area contributed by atoms with Gasteiger partial charge in [-0.3, -0.25) is 4.40 Å². The Morgan fingerprint density at radius 2 is 2.06 bits per heavy atom. The van der Waals surface area contributed by atoms with Crippen molar-refractivity contribution in [2.24, 2.45) is 0 Å². The van der Waals surface area contributed by atoms with E-state index in [9.17, 15) is 18.0 Å². The van der Waals surface area contributed by atoms with Crippen molar-refractivity contribution in [1.29, 1.82) is 0 Å². The minimum Gasteiger partial charge on any atom is -0.476 e. The molecular weight excluding hydrogens is 239 g/mol. The zero-order valence-corrected chi connectivity index (χ0v) is 8.19. The Kier molecular flexibility index (Phi) is 2.23. The van der Waals surface area contributed by atoms with Crippen LogP contribution in [0.3, 0.4) is 0 Å². The largest absolute Gasteiger partial charge is 0.476 e. The number of imidazole rings is 1. The number of halogens is 3. The quantitative estimate of drug-likeness (QED) is 0.800. The molecule has 17 heavy (non-hydrogen) atoms. The molecule has 8 heteroatoms. The van der Waals surface area contributed by atoms with Gasteiger partial charge in [-0.25, -0.2) is 9.78 Å². The molecule has 0 amide bonds. The Labute approximate surface area is 92.3 Å². The van der Waals surface area contributed by atoms with Gasteiger partial charge in [-0.2, -0.15) is 13.2 Å². The van der Waals surface area contributed by atoms with Crippen LogP contribution in [0.1, 0.15) is 16.3 Å². The summed E-state index contributed by atoms with van der Waals surface area (Å²) in [7, 11) is 0. The lowest BCUT2D eigenvalue weighted by molar-refractivity contribution is -0.145. The number of hydrogen-bond acceptors (Lipinski definition) is 3. The number of alkyl halides is 3. The first kappa shape index (κ1) is 11.2. The van der Waals surface area contributed by atoms with E-state index < -0.39 is 23.7 Å². The molecule has 0 aliphatic heterocycles. The highest BCUT2D eigenvalue weighted by Crippen LogP contribution is 2.30. The minimum absolute atomic E-state index is 0.0809. The normalized spacial score (nSPS) is 11.9. The lowest BCUT2D eigenvalue weighted by Gasteiger charge is -2.05. The standard InChI is InChI=1S/C9H6F3N3O2/c10-9(11,12)8-14-6(7(16)17)5-2-1-4(13)3-15(5)8/h1-3H,13H2,(H,16,17). The maximum atomic E-state index is 12.6. The monoisotopic (exact) mass is 245 g/mol. The van der Waals surface area contributed by atoms with Crippen molar-refractivity contribution >= 4 is 17.2 Å². The van der Waals surface area contributed by atoms with E-state index in [4.69, 9.17) is 10.8 Å². The lowest BCUT2D eigenvalue weighted by atomic mass is 10.3. The number of rotatable bonds is 1. The van der Waals surface area contributed by atoms with Crippen LogP contribution in [-0.4, -0.2) is 20.5 Å². The molecule has 2 aromatic rings. The summed E-state index contributed by atoms with van der Waals surface area (Å²) < 4.78 is 38.5. The predicted octanol–water partition coefficient (Wildman–Crippen LogP) is 1.63. The number of carboxylic acids is 1. The van der Waals surface area contributed by atoms with E-state index >= 15 is 0 Å². The zero-order chi connectivity index (χ0) is 12.8. The fraction of sp³-hybridized carbons (Fsp3) is 0.111. The van der Waals surface area contributed by atoms with Crippen LogP contribution in [0.2, 0.25) is 0 Å². The SMILES string of the molecule is Nc1ccc2c(C(=O)O)nc(C(F)(F)F)n2c1. The van der Waals surface area contributed by atoms with Crippen LogP contribution in [0.25, 0.3) is 5.52 Å². The van der Waals surface area contributed by atoms with Gasteiger partial charge in [0.2, 0.25) is 5.82 Å². The molecule has 3 N–H and O–H groups in total. The Bertz CT molecular complexity index is 603. The highest BCUT2D eigenvalue weighted by atomic mass is 19.4. The maximum Gasteiger partial charge on any atom is 0.450 e. The number of fused-ring (bicyclic) bond motifs is 1. The van der Waals surface area contributed by atoms with Crippen molar-refractivity contribution < 1.29 is 23.1 Å². The van der Waals surface area contributed by atoms with Crippen molar-refractivity contribution in [3.8, 4) is 0 Å². The number of anilines is 1. The number of carboxylic acid groups (broad SMARTS) is 1. The van der Waals surface area contributed by atoms with E-state index in [1.807, 2.05) is 0 Å². The molecule has 90 valence electrons. The van der Waals surface area contributed by atoms with Crippen molar-refractivity contribution in [1.82, 2.24) is 9.38 Å². The van der Waals surface area contributed by atoms with Crippen molar-refractivity contribution in [3.63, 3.8) is 0 Å². The summed E-state index contributed by atoms with van der Waals surface area (Å²) in [5, 5.41) is 8.76. The average molecular weight is 245 g/mol. The van der Waals surface area contributed by atoms with Gasteiger partial charge in [-0.1, -0.05) is 0 Å². The van der Waals surface area contributed by atoms with Crippen molar-refractivity contribution in [2.45, 2.75) is 6.18 Å². The van der Waals surface area contributed by atoms with E-state index in [-0.39, 0.29) is 11.2 Å². The molecule has 0 spiro atoms. The van der Waals surface area contributed by atoms with Gasteiger partial charge in [0.15, 0.2) is 5.69 Å². The van der Waals surface area contributed by atoms with Crippen LogP contribution in [0.4, 0.5) is 18.9 Å². The summed E-state index contributed by atoms with van der Waals surface area (Å²) in [6, 6.07) is 2.49. The third-order valence-corrected chi connectivity index (χ3v) is 2.12. The molecule has 0 radical (unpaired) electrons. The van der Waals surface area contributed by atoms with Gasteiger partial charge >= 0.3 is 12.1 Å². The summed E-state index contributed by atoms with van der Waals surface area (Å²) in [5.41, 5.74) is 4.63. The van der Waals surface area contributed by atoms with E-state index in [0.717, 1.165) is 6.20 Å². The maximum absolute atomic E-state index is 12.6. The number of nitrogens with two attached hydrogens (primary N) is 1. The molecule has 0 saturated carbocycles. The average Bonchev–Trinajstić information content (AvgIpc) is 2.55. The van der Waals surface area contributed by atoms with Gasteiger partial charge in [0.1, 0.15) is 0 Å². The second kappa shape index (κ2) is 3.37. The molecule has 0 aromatic carbocycles. The highest BCUT2D eigenvalue weighted by molar-refractivity contribution is 5.93. The van der Waals surface area contributed by atoms with Crippen LogP contribution in [-0.2, 0) is 6.18 Å². The van der Waals surface area contributed by atoms with Crippen LogP contribution in [0, 0.1) is 0 Å². The Morgan fingerprint density at radius 1 is 1.41 bits per heavy atom. The number of nitrogen functional groups attached to an aromatic ring is 1. The molecule has 2 heterocycles. The van der Waals surface area contributed by atoms with Gasteiger partial charge in [0.25, 0.3) is 0 Å². The lowest BCUT2D eigenvalue weighted by Crippen LogP contribution is -2.11. The van der Waals surface area contributed by atoms with E-state index in [2.05, 4.69) is 4.98 Å². The number of aromatic carboxylic acids is 1. The molecule has 0 unspecified atom stereocenters. The third kappa shape index (κ3) is 1.77. The molecule has 0 aliphatic carbocycles. The molecule has 0 saturated heterocycles. The first-order valence-electron chi connectivity index (χ1n) is 4.39. The van der Waals surface area contributed by atoms with E-state index in [1.54, 1.807) is 0 Å². The minimum atomic E-state index is -4.75. The number of pyridine rings is 1. The van der Waals surface area contributed by atoms with Crippen LogP contribution in [0.5, 0.6) is 0 Å². The van der Waals surface area contributed by atoms with Gasteiger partial charge in [-0.15, -0.1) is 0 Å². The van der Waals surface area contributed by atoms with E-state index in [1.165, 1.54) is 12.1 Å². The molecule has 2 aromatic heterocycles. The molecule has 0 aliphatic rings. The topological polar surface area (TPSA) is 80.6 Å². The summed E-state index contributed by atoms with van der Waals surface area (Å²) in [4.78, 5) is 13.8. The summed E-state index contributed by atoms with van der Waals surface area (Å²) in [6.07, 6.45) is -3.76. The smallest absolute Gasteiger partial charge is 0.450 e. The first-order chi connectivity index (χ1) is 7.80. The second-order valence-electron chi connectivity index (χ2n) is 3.30. The Balaban J connectivity index is 2.85. The zero-order valence-electron chi connectivity index (χ0n) is 8.19. The van der Waals surface area contributed by atoms with Crippen LogP contribution >= 0.6 is 0 Å². The summed E-state index contributed by atoms with van der Waals surface area (Å²) in [5.74, 6) is -2.83. The highest BCUT2D eigenvalue weighted by Gasteiger charge is 2.38. The molecule has 2 rings (SSSR count). The van der Waals surface area contributed by atoms with Crippen LogP contribution < -0.4 is 5.73 Å². The second-order valence-corrected chi connectivity index (χ2v) is 3.30. The van der Waals surface area contributed by atoms with Gasteiger partial charge in [0.05, 0.1) is 5.52 Å². The Hall–Kier alpha value is -2.25. The van der Waals surface area contributed by atoms with Crippen LogP contribution in [0.15, 0.2) is 18.3 Å². The number of carbonyl (C=O) groups is 1. The number of aromatic nitrogens is 2. The third-order valence-electron chi connectivity index (χ3n) is 2.12. The van der Waals surface area contributed by atoms with Crippen molar-refractivity contribution in [3.05, 3.63) is 29.8 Å². The fourth-order valence-corrected chi connectivity index (χ4v) is 1.46. The van der Waals surface area contributed by atoms with Crippen molar-refractivity contribution in [2.75, 3.05) is 5.73 Å². The predicted molar refractivity (Wildman–Crippen MR) is 51.6 cm³/mol. The van der Waals surface area contributed by atoms with E-state index in [0.29, 0.717) is 4.40 Å². The molecular formula is C9H6F3N3O2. The van der Waals surface area contributed by atoms with Gasteiger partial charge in [-0.05, 0) is 12.1 Å². The fourth-order valence-electron chi connectivity index (χ4n) is 1.46. The van der Waals surface area contributed by atoms with Gasteiger partial charge < -0.3 is 10.8 Å².